The zero-order valence-corrected chi connectivity index (χ0v) is 10.9. The fourth-order valence-electron chi connectivity index (χ4n) is 1.60. The van der Waals surface area contributed by atoms with Crippen molar-refractivity contribution in [1.29, 1.82) is 0 Å². The molecule has 1 unspecified atom stereocenters. The first kappa shape index (κ1) is 12.1. The maximum Gasteiger partial charge on any atom is 0.415 e. The van der Waals surface area contributed by atoms with E-state index in [0.29, 0.717) is 10.6 Å². The highest BCUT2D eigenvalue weighted by atomic mass is 32.2. The quantitative estimate of drug-likeness (QED) is 0.713. The van der Waals surface area contributed by atoms with Gasteiger partial charge in [0.1, 0.15) is 11.5 Å². The Morgan fingerprint density at radius 2 is 2.00 bits per heavy atom. The highest BCUT2D eigenvalue weighted by molar-refractivity contribution is 7.85. The highest BCUT2D eigenvalue weighted by Gasteiger charge is 2.32. The molecule has 4 nitrogen and oxygen atoms in total. The monoisotopic (exact) mass is 253 g/mol. The molecule has 1 aromatic carbocycles. The molecule has 1 aromatic rings. The van der Waals surface area contributed by atoms with Crippen molar-refractivity contribution in [1.82, 2.24) is 0 Å². The smallest absolute Gasteiger partial charge is 0.415 e. The van der Waals surface area contributed by atoms with Crippen LogP contribution in [0.15, 0.2) is 29.2 Å². The van der Waals surface area contributed by atoms with E-state index in [4.69, 9.17) is 4.74 Å². The van der Waals surface area contributed by atoms with Gasteiger partial charge in [-0.1, -0.05) is 12.1 Å². The molecule has 0 fully saturated rings. The molecule has 0 bridgehead atoms. The van der Waals surface area contributed by atoms with Gasteiger partial charge in [-0.3, -0.25) is 9.11 Å². The van der Waals surface area contributed by atoms with E-state index in [1.807, 2.05) is 32.9 Å². The molecule has 1 atom stereocenters. The van der Waals surface area contributed by atoms with Gasteiger partial charge in [0.25, 0.3) is 0 Å². The average molecular weight is 253 g/mol. The maximum atomic E-state index is 11.9. The minimum Gasteiger partial charge on any atom is -0.443 e. The summed E-state index contributed by atoms with van der Waals surface area (Å²) in [5.74, 6) is 0.175. The molecule has 0 spiro atoms. The Morgan fingerprint density at radius 3 is 2.65 bits per heavy atom. The summed E-state index contributed by atoms with van der Waals surface area (Å²) < 4.78 is 17.1. The molecule has 1 heterocycles. The van der Waals surface area contributed by atoms with Crippen molar-refractivity contribution in [2.24, 2.45) is 0 Å². The van der Waals surface area contributed by atoms with Crippen molar-refractivity contribution < 1.29 is 13.7 Å². The molecule has 92 valence electrons. The van der Waals surface area contributed by atoms with Gasteiger partial charge in [-0.25, -0.2) is 4.79 Å². The fraction of sp³-hybridized carbons (Fsp3) is 0.417. The van der Waals surface area contributed by atoms with Crippen LogP contribution in [0.4, 0.5) is 10.5 Å². The second-order valence-corrected chi connectivity index (χ2v) is 6.24. The molecular formula is C12H15NO3S. The summed E-state index contributed by atoms with van der Waals surface area (Å²) in [6.07, 6.45) is -0.448. The lowest BCUT2D eigenvalue weighted by Crippen LogP contribution is -2.35. The summed E-state index contributed by atoms with van der Waals surface area (Å²) in [5, 5.41) is 0. The first-order valence-corrected chi connectivity index (χ1v) is 6.68. The zero-order chi connectivity index (χ0) is 12.6. The number of ether oxygens (including phenoxy) is 1. The third-order valence-corrected chi connectivity index (χ3v) is 3.59. The molecule has 2 rings (SSSR count). The van der Waals surface area contributed by atoms with Crippen LogP contribution < -0.4 is 4.90 Å². The molecule has 1 aliphatic heterocycles. The number of carbonyl (C=O) groups excluding carboxylic acids is 1. The third kappa shape index (κ3) is 2.49. The van der Waals surface area contributed by atoms with Crippen molar-refractivity contribution in [3.05, 3.63) is 24.3 Å². The Balaban J connectivity index is 2.26. The fourth-order valence-corrected chi connectivity index (χ4v) is 2.86. The van der Waals surface area contributed by atoms with Crippen LogP contribution in [0.3, 0.4) is 0 Å². The number of para-hydroxylation sites is 1. The minimum absolute atomic E-state index is 0.175. The number of carbonyl (C=O) groups is 1. The molecule has 0 saturated heterocycles. The standard InChI is InChI=1S/C12H15NO3S/c1-12(2,3)16-11(14)13-8-17(15)10-7-5-4-6-9(10)13/h4-7H,8H2,1-3H3. The first-order chi connectivity index (χ1) is 7.88. The van der Waals surface area contributed by atoms with E-state index in [2.05, 4.69) is 0 Å². The highest BCUT2D eigenvalue weighted by Crippen LogP contribution is 2.31. The van der Waals surface area contributed by atoms with Crippen LogP contribution in [0.2, 0.25) is 0 Å². The molecular weight excluding hydrogens is 238 g/mol. The second-order valence-electron chi connectivity index (χ2n) is 4.85. The average Bonchev–Trinajstić information content (AvgIpc) is 2.55. The van der Waals surface area contributed by atoms with Crippen molar-refractivity contribution in [2.45, 2.75) is 31.3 Å². The van der Waals surface area contributed by atoms with E-state index in [-0.39, 0.29) is 5.88 Å². The van der Waals surface area contributed by atoms with Crippen LogP contribution >= 0.6 is 0 Å². The van der Waals surface area contributed by atoms with Gasteiger partial charge >= 0.3 is 6.09 Å². The molecule has 1 aliphatic rings. The number of amides is 1. The van der Waals surface area contributed by atoms with E-state index in [0.717, 1.165) is 0 Å². The Kier molecular flexibility index (Phi) is 2.95. The van der Waals surface area contributed by atoms with E-state index < -0.39 is 22.5 Å². The van der Waals surface area contributed by atoms with Crippen LogP contribution in [-0.2, 0) is 15.5 Å². The van der Waals surface area contributed by atoms with Crippen molar-refractivity contribution >= 4 is 22.6 Å². The van der Waals surface area contributed by atoms with E-state index in [1.54, 1.807) is 12.1 Å². The maximum absolute atomic E-state index is 11.9. The third-order valence-electron chi connectivity index (χ3n) is 2.26. The lowest BCUT2D eigenvalue weighted by molar-refractivity contribution is 0.0587. The molecule has 0 radical (unpaired) electrons. The summed E-state index contributed by atoms with van der Waals surface area (Å²) in [7, 11) is -1.15. The van der Waals surface area contributed by atoms with E-state index in [9.17, 15) is 9.00 Å². The summed E-state index contributed by atoms with van der Waals surface area (Å²) in [5.41, 5.74) is 0.135. The molecule has 0 N–H and O–H groups in total. The van der Waals surface area contributed by atoms with Gasteiger partial charge in [0.15, 0.2) is 0 Å². The number of hydrogen-bond acceptors (Lipinski definition) is 3. The molecule has 0 aliphatic carbocycles. The number of hydrogen-bond donors (Lipinski definition) is 0. The first-order valence-electron chi connectivity index (χ1n) is 5.36. The van der Waals surface area contributed by atoms with Crippen LogP contribution in [0, 0.1) is 0 Å². The minimum atomic E-state index is -1.15. The summed E-state index contributed by atoms with van der Waals surface area (Å²) in [4.78, 5) is 14.1. The predicted octanol–water partition coefficient (Wildman–Crippen LogP) is 2.51. The van der Waals surface area contributed by atoms with Gasteiger partial charge in [-0.15, -0.1) is 0 Å². The second kappa shape index (κ2) is 4.14. The Morgan fingerprint density at radius 1 is 1.35 bits per heavy atom. The Hall–Kier alpha value is -1.36. The van der Waals surface area contributed by atoms with Crippen molar-refractivity contribution in [3.63, 3.8) is 0 Å². The van der Waals surface area contributed by atoms with Gasteiger partial charge < -0.3 is 4.74 Å². The lowest BCUT2D eigenvalue weighted by Gasteiger charge is -2.24. The lowest BCUT2D eigenvalue weighted by atomic mass is 10.2. The number of nitrogens with zero attached hydrogens (tertiary/aromatic N) is 1. The Labute approximate surface area is 103 Å². The summed E-state index contributed by atoms with van der Waals surface area (Å²) >= 11 is 0. The van der Waals surface area contributed by atoms with E-state index in [1.165, 1.54) is 4.90 Å². The molecule has 17 heavy (non-hydrogen) atoms. The van der Waals surface area contributed by atoms with Crippen LogP contribution in [0.25, 0.3) is 0 Å². The Bertz CT molecular complexity index is 479. The van der Waals surface area contributed by atoms with Gasteiger partial charge in [0.2, 0.25) is 0 Å². The summed E-state index contributed by atoms with van der Waals surface area (Å²) in [6.45, 7) is 5.43. The van der Waals surface area contributed by atoms with Gasteiger partial charge in [0, 0.05) is 0 Å². The van der Waals surface area contributed by atoms with Gasteiger partial charge in [-0.05, 0) is 32.9 Å². The zero-order valence-electron chi connectivity index (χ0n) is 10.1. The van der Waals surface area contributed by atoms with Crippen molar-refractivity contribution in [2.75, 3.05) is 10.8 Å². The number of fused-ring (bicyclic) bond motifs is 1. The SMILES string of the molecule is CC(C)(C)OC(=O)N1CS(=O)c2ccccc21. The molecule has 5 heteroatoms. The largest absolute Gasteiger partial charge is 0.443 e. The number of rotatable bonds is 0. The molecule has 0 saturated carbocycles. The predicted molar refractivity (Wildman–Crippen MR) is 66.4 cm³/mol. The van der Waals surface area contributed by atoms with Crippen molar-refractivity contribution in [3.8, 4) is 0 Å². The molecule has 0 aromatic heterocycles. The normalized spacial score (nSPS) is 19.0. The van der Waals surface area contributed by atoms with Crippen LogP contribution in [-0.4, -0.2) is 21.8 Å². The molecule has 1 amide bonds. The van der Waals surface area contributed by atoms with Gasteiger partial charge in [-0.2, -0.15) is 0 Å². The van der Waals surface area contributed by atoms with Gasteiger partial charge in [0.05, 0.1) is 21.4 Å². The van der Waals surface area contributed by atoms with E-state index >= 15 is 0 Å². The summed E-state index contributed by atoms with van der Waals surface area (Å²) in [6, 6.07) is 7.19. The number of anilines is 1. The van der Waals surface area contributed by atoms with Crippen LogP contribution in [0.1, 0.15) is 20.8 Å². The van der Waals surface area contributed by atoms with Crippen LogP contribution in [0.5, 0.6) is 0 Å². The number of benzene rings is 1. The topological polar surface area (TPSA) is 46.6 Å².